The molecule has 2 aliphatic heterocycles. The van der Waals surface area contributed by atoms with Crippen LogP contribution < -0.4 is 20.7 Å². The summed E-state index contributed by atoms with van der Waals surface area (Å²) < 4.78 is 31.3. The lowest BCUT2D eigenvalue weighted by Crippen LogP contribution is -2.52. The normalized spacial score (nSPS) is 18.6. The van der Waals surface area contributed by atoms with Crippen LogP contribution in [-0.4, -0.2) is 58.1 Å². The van der Waals surface area contributed by atoms with E-state index < -0.39 is 29.2 Å². The Hall–Kier alpha value is -5.01. The maximum absolute atomic E-state index is 14.9. The van der Waals surface area contributed by atoms with Crippen LogP contribution in [0.25, 0.3) is 22.7 Å². The maximum atomic E-state index is 14.9. The van der Waals surface area contributed by atoms with Crippen LogP contribution in [0, 0.1) is 5.82 Å². The molecule has 0 saturated carbocycles. The van der Waals surface area contributed by atoms with Crippen LogP contribution in [0.4, 0.5) is 15.2 Å². The topological polar surface area (TPSA) is 165 Å². The molecule has 1 aromatic carbocycles. The average molecular weight is 521 g/mol. The van der Waals surface area contributed by atoms with Gasteiger partial charge in [0.05, 0.1) is 19.2 Å². The largest absolute Gasteiger partial charge is 0.494 e. The molecular formula is C24H20FN7O6. The van der Waals surface area contributed by atoms with Crippen molar-refractivity contribution in [2.75, 3.05) is 25.5 Å². The zero-order chi connectivity index (χ0) is 26.6. The van der Waals surface area contributed by atoms with Gasteiger partial charge in [-0.15, -0.1) is 5.10 Å². The number of fused-ring (bicyclic) bond motifs is 2. The van der Waals surface area contributed by atoms with E-state index in [0.29, 0.717) is 28.9 Å². The molecule has 6 rings (SSSR count). The minimum absolute atomic E-state index is 0.0217. The molecule has 1 unspecified atom stereocenters. The van der Waals surface area contributed by atoms with Crippen molar-refractivity contribution in [2.45, 2.75) is 19.0 Å². The predicted molar refractivity (Wildman–Crippen MR) is 128 cm³/mol. The van der Waals surface area contributed by atoms with E-state index in [1.807, 2.05) is 6.92 Å². The van der Waals surface area contributed by atoms with Gasteiger partial charge < -0.3 is 29.1 Å². The zero-order valence-electron chi connectivity index (χ0n) is 20.1. The van der Waals surface area contributed by atoms with Crippen LogP contribution in [0.15, 0.2) is 39.2 Å². The van der Waals surface area contributed by atoms with Crippen molar-refractivity contribution in [1.29, 1.82) is 0 Å². The Morgan fingerprint density at radius 1 is 1.18 bits per heavy atom. The molecule has 3 aromatic heterocycles. The number of nitrogens with one attached hydrogen (secondary N) is 3. The van der Waals surface area contributed by atoms with Crippen LogP contribution in [0.3, 0.4) is 0 Å². The van der Waals surface area contributed by atoms with Crippen LogP contribution in [0.2, 0.25) is 0 Å². The Balaban J connectivity index is 1.36. The summed E-state index contributed by atoms with van der Waals surface area (Å²) in [5, 5.41) is 15.6. The quantitative estimate of drug-likeness (QED) is 0.307. The van der Waals surface area contributed by atoms with Crippen molar-refractivity contribution in [3.63, 3.8) is 0 Å². The van der Waals surface area contributed by atoms with E-state index in [9.17, 15) is 18.8 Å². The number of carbonyl (C=O) groups is 3. The van der Waals surface area contributed by atoms with Crippen LogP contribution in [0.1, 0.15) is 28.6 Å². The number of amides is 4. The van der Waals surface area contributed by atoms with E-state index >= 15 is 0 Å². The number of methoxy groups -OCH3 is 1. The first-order chi connectivity index (χ1) is 18.3. The number of nitrogens with zero attached hydrogens (tertiary/aromatic N) is 4. The third-order valence-corrected chi connectivity index (χ3v) is 6.41. The Morgan fingerprint density at radius 3 is 2.76 bits per heavy atom. The van der Waals surface area contributed by atoms with E-state index in [2.05, 4.69) is 31.1 Å². The van der Waals surface area contributed by atoms with Gasteiger partial charge in [-0.05, 0) is 30.7 Å². The number of benzene rings is 1. The minimum Gasteiger partial charge on any atom is -0.494 e. The second-order valence-corrected chi connectivity index (χ2v) is 8.72. The number of pyridine rings is 1. The molecule has 1 atom stereocenters. The van der Waals surface area contributed by atoms with Crippen molar-refractivity contribution in [3.05, 3.63) is 53.0 Å². The molecule has 5 heterocycles. The van der Waals surface area contributed by atoms with Crippen molar-refractivity contribution in [1.82, 2.24) is 30.7 Å². The van der Waals surface area contributed by atoms with Crippen molar-refractivity contribution in [2.24, 2.45) is 0 Å². The van der Waals surface area contributed by atoms with Gasteiger partial charge in [-0.1, -0.05) is 11.2 Å². The fourth-order valence-electron chi connectivity index (χ4n) is 4.62. The molecule has 1 fully saturated rings. The number of hydrogen-bond donors (Lipinski definition) is 3. The number of imide groups is 1. The predicted octanol–water partition coefficient (Wildman–Crippen LogP) is 2.15. The van der Waals surface area contributed by atoms with Crippen molar-refractivity contribution >= 4 is 35.0 Å². The molecule has 4 amide bonds. The summed E-state index contributed by atoms with van der Waals surface area (Å²) in [7, 11) is 1.30. The highest BCUT2D eigenvalue weighted by Crippen LogP contribution is 2.36. The van der Waals surface area contributed by atoms with Gasteiger partial charge in [0.2, 0.25) is 0 Å². The molecule has 3 N–H and O–H groups in total. The third kappa shape index (κ3) is 3.52. The number of furan rings is 1. The monoisotopic (exact) mass is 521 g/mol. The highest BCUT2D eigenvalue weighted by molar-refractivity contribution is 6.08. The van der Waals surface area contributed by atoms with E-state index in [0.717, 1.165) is 0 Å². The lowest BCUT2D eigenvalue weighted by molar-refractivity contribution is -0.125. The van der Waals surface area contributed by atoms with Gasteiger partial charge in [-0.25, -0.2) is 14.2 Å². The lowest BCUT2D eigenvalue weighted by Gasteiger charge is -2.28. The fourth-order valence-corrected chi connectivity index (χ4v) is 4.62. The van der Waals surface area contributed by atoms with Gasteiger partial charge in [0.15, 0.2) is 22.7 Å². The molecule has 0 spiro atoms. The van der Waals surface area contributed by atoms with E-state index in [1.54, 1.807) is 18.2 Å². The third-order valence-electron chi connectivity index (χ3n) is 6.41. The van der Waals surface area contributed by atoms with Gasteiger partial charge >= 0.3 is 12.0 Å². The summed E-state index contributed by atoms with van der Waals surface area (Å²) in [5.74, 6) is -2.01. The van der Waals surface area contributed by atoms with Gasteiger partial charge in [-0.3, -0.25) is 14.9 Å². The molecule has 4 aromatic rings. The summed E-state index contributed by atoms with van der Waals surface area (Å²) in [6.45, 7) is 2.19. The van der Waals surface area contributed by atoms with Gasteiger partial charge in [-0.2, -0.15) is 0 Å². The molecule has 14 heteroatoms. The van der Waals surface area contributed by atoms with Crippen LogP contribution in [-0.2, 0) is 16.9 Å². The number of halogens is 1. The number of carbonyl (C=O) groups excluding carboxylic acids is 3. The van der Waals surface area contributed by atoms with Crippen molar-refractivity contribution < 1.29 is 32.3 Å². The highest BCUT2D eigenvalue weighted by Gasteiger charge is 2.53. The second kappa shape index (κ2) is 8.54. The Bertz CT molecular complexity index is 1630. The SMILES string of the molecule is CCNc1nnc(-c2ccc3oc(C4(CN5Cc6ccc(OC)c(F)c6C5=O)NC(=O)NC4=O)cc3n2)o1. The minimum atomic E-state index is -1.78. The summed E-state index contributed by atoms with van der Waals surface area (Å²) in [6.07, 6.45) is 0. The molecular weight excluding hydrogens is 501 g/mol. The number of hydrogen-bond acceptors (Lipinski definition) is 10. The average Bonchev–Trinajstić information content (AvgIpc) is 3.66. The molecule has 38 heavy (non-hydrogen) atoms. The number of anilines is 1. The Labute approximate surface area is 213 Å². The molecule has 0 bridgehead atoms. The Kier molecular flexibility index (Phi) is 5.26. The summed E-state index contributed by atoms with van der Waals surface area (Å²) in [5.41, 5.74) is -0.461. The molecule has 2 aliphatic rings. The second-order valence-electron chi connectivity index (χ2n) is 8.72. The maximum Gasteiger partial charge on any atom is 0.322 e. The van der Waals surface area contributed by atoms with Crippen molar-refractivity contribution in [3.8, 4) is 17.3 Å². The Morgan fingerprint density at radius 2 is 2.03 bits per heavy atom. The first-order valence-electron chi connectivity index (χ1n) is 11.6. The fraction of sp³-hybridized carbons (Fsp3) is 0.250. The molecule has 0 aliphatic carbocycles. The zero-order valence-corrected chi connectivity index (χ0v) is 20.1. The van der Waals surface area contributed by atoms with E-state index in [1.165, 1.54) is 24.1 Å². The summed E-state index contributed by atoms with van der Waals surface area (Å²) in [6, 6.07) is 7.20. The standard InChI is InChI=1S/C24H20FN7O6/c1-3-26-23-31-30-19(38-23)12-5-7-14-13(27-12)8-16(37-14)24(21(34)28-22(35)29-24)10-32-9-11-4-6-15(36-2)18(25)17(11)20(32)33/h4-8H,3,9-10H2,1-2H3,(H,26,31)(H2,28,29,34,35). The summed E-state index contributed by atoms with van der Waals surface area (Å²) in [4.78, 5) is 44.3. The van der Waals surface area contributed by atoms with E-state index in [-0.39, 0.29) is 42.1 Å². The number of urea groups is 1. The number of ether oxygens (including phenoxy) is 1. The lowest BCUT2D eigenvalue weighted by atomic mass is 9.95. The smallest absolute Gasteiger partial charge is 0.322 e. The molecule has 0 radical (unpaired) electrons. The van der Waals surface area contributed by atoms with Crippen LogP contribution >= 0.6 is 0 Å². The number of rotatable bonds is 7. The van der Waals surface area contributed by atoms with Gasteiger partial charge in [0.25, 0.3) is 17.7 Å². The molecule has 1 saturated heterocycles. The van der Waals surface area contributed by atoms with E-state index in [4.69, 9.17) is 13.6 Å². The molecule has 13 nitrogen and oxygen atoms in total. The highest BCUT2D eigenvalue weighted by atomic mass is 19.1. The van der Waals surface area contributed by atoms with Crippen LogP contribution in [0.5, 0.6) is 5.75 Å². The first-order valence-corrected chi connectivity index (χ1v) is 11.6. The first kappa shape index (κ1) is 23.4. The van der Waals surface area contributed by atoms with Gasteiger partial charge in [0, 0.05) is 19.2 Å². The molecule has 194 valence electrons. The summed E-state index contributed by atoms with van der Waals surface area (Å²) >= 11 is 0. The number of aromatic nitrogens is 3. The van der Waals surface area contributed by atoms with Gasteiger partial charge in [0.1, 0.15) is 17.0 Å².